The number of halogens is 2. The summed E-state index contributed by atoms with van der Waals surface area (Å²) in [6, 6.07) is 9.67. The lowest BCUT2D eigenvalue weighted by molar-refractivity contribution is -0.0160. The van der Waals surface area contributed by atoms with Crippen LogP contribution in [-0.4, -0.2) is 11.9 Å². The average molecular weight is 436 g/mol. The topological polar surface area (TPSA) is 18.5 Å². The number of rotatable bonds is 4. The Balaban J connectivity index is -0.000000379. The molecule has 0 N–H and O–H groups in total. The highest BCUT2D eigenvalue weighted by Gasteiger charge is 2.13. The Morgan fingerprint density at radius 2 is 1.37 bits per heavy atom. The van der Waals surface area contributed by atoms with Gasteiger partial charge in [0, 0.05) is 15.4 Å². The molecule has 6 heteroatoms. The predicted molar refractivity (Wildman–Crippen MR) is 102 cm³/mol. The summed E-state index contributed by atoms with van der Waals surface area (Å²) in [4.78, 5) is 0. The molecule has 0 fully saturated rings. The van der Waals surface area contributed by atoms with Crippen molar-refractivity contribution in [3.63, 3.8) is 0 Å². The van der Waals surface area contributed by atoms with Gasteiger partial charge in [-0.2, -0.15) is 0 Å². The van der Waals surface area contributed by atoms with Crippen LogP contribution >= 0.6 is 52.7 Å². The summed E-state index contributed by atoms with van der Waals surface area (Å²) in [5.41, 5.74) is 0.750. The first-order valence-electron chi connectivity index (χ1n) is 5.80. The average Bonchev–Trinajstić information content (AvgIpc) is 2.26. The number of ether oxygens (including phenoxy) is 1. The van der Waals surface area contributed by atoms with Crippen LogP contribution in [0.4, 0.5) is 0 Å². The molecule has 0 amide bonds. The van der Waals surface area contributed by atoms with Crippen LogP contribution in [0.15, 0.2) is 30.3 Å². The van der Waals surface area contributed by atoms with Gasteiger partial charge in [-0.1, -0.05) is 45.9 Å². The van der Waals surface area contributed by atoms with E-state index in [1.54, 1.807) is 0 Å². The first-order valence-corrected chi connectivity index (χ1v) is 6.94. The van der Waals surface area contributed by atoms with Gasteiger partial charge in [-0.05, 0) is 17.8 Å². The number of benzene rings is 1. The minimum Gasteiger partial charge on any atom is -0.464 e. The molecule has 3 unspecified atom stereocenters. The van der Waals surface area contributed by atoms with E-state index in [-0.39, 0.29) is 40.3 Å². The zero-order valence-corrected chi connectivity index (χ0v) is 17.6. The highest BCUT2D eigenvalue weighted by Crippen LogP contribution is 2.17. The highest BCUT2D eigenvalue weighted by molar-refractivity contribution is 8.93. The molecule has 0 saturated heterocycles. The van der Waals surface area contributed by atoms with Gasteiger partial charge >= 0.3 is 0 Å². The Morgan fingerprint density at radius 1 is 0.947 bits per heavy atom. The lowest BCUT2D eigenvalue weighted by Gasteiger charge is -2.20. The van der Waals surface area contributed by atoms with Gasteiger partial charge in [-0.3, -0.25) is 0 Å². The van der Waals surface area contributed by atoms with Gasteiger partial charge in [0.15, 0.2) is 0 Å². The van der Waals surface area contributed by atoms with Crippen molar-refractivity contribution in [3.05, 3.63) is 30.3 Å². The van der Waals surface area contributed by atoms with Crippen molar-refractivity contribution in [1.82, 2.24) is 0 Å². The molecule has 0 aliphatic carbocycles. The standard InChI is InChI=1S/C10H15O2P.C3H9P.2BrH/c1-8(2)10(12-13)11-9-6-4-3-5-7-9;1-3(2)4;;/h3-8,10H,13H2,1-2H3;3H,4H2,1-2H3;2*1H. The molecule has 0 saturated carbocycles. The minimum absolute atomic E-state index is 0. The predicted octanol–water partition coefficient (Wildman–Crippen LogP) is 5.28. The van der Waals surface area contributed by atoms with Crippen LogP contribution < -0.4 is 4.74 Å². The molecule has 0 aliphatic heterocycles. The largest absolute Gasteiger partial charge is 0.464 e. The minimum atomic E-state index is -0.201. The maximum atomic E-state index is 5.58. The Hall–Kier alpha value is 0.800. The molecule has 0 bridgehead atoms. The van der Waals surface area contributed by atoms with Crippen molar-refractivity contribution in [2.24, 2.45) is 5.92 Å². The molecule has 0 heterocycles. The van der Waals surface area contributed by atoms with E-state index in [2.05, 4.69) is 46.4 Å². The molecule has 114 valence electrons. The van der Waals surface area contributed by atoms with Crippen LogP contribution in [0, 0.1) is 5.92 Å². The summed E-state index contributed by atoms with van der Waals surface area (Å²) < 4.78 is 10.7. The van der Waals surface area contributed by atoms with Crippen LogP contribution in [0.1, 0.15) is 27.7 Å². The summed E-state index contributed by atoms with van der Waals surface area (Å²) in [5, 5.41) is 0. The molecule has 3 atom stereocenters. The third kappa shape index (κ3) is 15.0. The van der Waals surface area contributed by atoms with Gasteiger partial charge in [-0.15, -0.1) is 43.2 Å². The van der Waals surface area contributed by atoms with E-state index < -0.39 is 0 Å². The van der Waals surface area contributed by atoms with E-state index in [0.29, 0.717) is 5.92 Å². The van der Waals surface area contributed by atoms with Gasteiger partial charge < -0.3 is 9.26 Å². The first-order chi connectivity index (χ1) is 7.97. The number of hydrogen-bond donors (Lipinski definition) is 0. The monoisotopic (exact) mass is 434 g/mol. The van der Waals surface area contributed by atoms with Crippen LogP contribution in [0.25, 0.3) is 0 Å². The Kier molecular flexibility index (Phi) is 19.8. The first kappa shape index (κ1) is 24.8. The van der Waals surface area contributed by atoms with Gasteiger partial charge in [0.1, 0.15) is 5.75 Å². The zero-order valence-electron chi connectivity index (χ0n) is 11.9. The second kappa shape index (κ2) is 15.2. The van der Waals surface area contributed by atoms with E-state index >= 15 is 0 Å². The Labute approximate surface area is 143 Å². The molecule has 1 rings (SSSR count). The van der Waals surface area contributed by atoms with Crippen LogP contribution in [0.3, 0.4) is 0 Å². The second-order valence-electron chi connectivity index (χ2n) is 4.42. The van der Waals surface area contributed by atoms with Crippen LogP contribution in [-0.2, 0) is 4.52 Å². The summed E-state index contributed by atoms with van der Waals surface area (Å²) in [5.74, 6) is 1.17. The lowest BCUT2D eigenvalue weighted by Crippen LogP contribution is -2.22. The molecule has 1 aromatic rings. The number of hydrogen-bond acceptors (Lipinski definition) is 2. The molecule has 0 aliphatic rings. The van der Waals surface area contributed by atoms with Crippen LogP contribution in [0.2, 0.25) is 0 Å². The van der Waals surface area contributed by atoms with Gasteiger partial charge in [0.05, 0.1) is 0 Å². The van der Waals surface area contributed by atoms with Crippen molar-refractivity contribution in [3.8, 4) is 5.75 Å². The second-order valence-corrected chi connectivity index (χ2v) is 6.03. The van der Waals surface area contributed by atoms with Crippen molar-refractivity contribution in [1.29, 1.82) is 0 Å². The molecular formula is C13H26Br2O2P2. The SMILES string of the molecule is Br.Br.CC(C)C(OP)Oc1ccccc1.CC(C)P. The van der Waals surface area contributed by atoms with Crippen molar-refractivity contribution < 1.29 is 9.26 Å². The fraction of sp³-hybridized carbons (Fsp3) is 0.538. The normalized spacial score (nSPS) is 10.7. The van der Waals surface area contributed by atoms with E-state index in [1.807, 2.05) is 30.3 Å². The van der Waals surface area contributed by atoms with E-state index in [1.165, 1.54) is 0 Å². The maximum absolute atomic E-state index is 5.58. The number of para-hydroxylation sites is 1. The summed E-state index contributed by atoms with van der Waals surface area (Å²) in [6.45, 7) is 8.37. The summed E-state index contributed by atoms with van der Waals surface area (Å²) >= 11 is 0. The van der Waals surface area contributed by atoms with E-state index in [0.717, 1.165) is 11.4 Å². The smallest absolute Gasteiger partial charge is 0.204 e. The highest BCUT2D eigenvalue weighted by atomic mass is 79.9. The Morgan fingerprint density at radius 3 is 1.68 bits per heavy atom. The fourth-order valence-corrected chi connectivity index (χ4v) is 1.32. The molecule has 0 aromatic heterocycles. The molecule has 0 radical (unpaired) electrons. The summed E-state index contributed by atoms with van der Waals surface area (Å²) in [7, 11) is 4.89. The fourth-order valence-electron chi connectivity index (χ4n) is 0.954. The lowest BCUT2D eigenvalue weighted by atomic mass is 10.2. The van der Waals surface area contributed by atoms with Gasteiger partial charge in [0.2, 0.25) is 6.29 Å². The van der Waals surface area contributed by atoms with Crippen LogP contribution in [0.5, 0.6) is 5.75 Å². The molecule has 2 nitrogen and oxygen atoms in total. The molecule has 19 heavy (non-hydrogen) atoms. The molecule has 1 aromatic carbocycles. The quantitative estimate of drug-likeness (QED) is 0.473. The van der Waals surface area contributed by atoms with E-state index in [4.69, 9.17) is 9.26 Å². The van der Waals surface area contributed by atoms with Gasteiger partial charge in [-0.25, -0.2) is 0 Å². The van der Waals surface area contributed by atoms with E-state index in [9.17, 15) is 0 Å². The van der Waals surface area contributed by atoms with Crippen molar-refractivity contribution in [2.45, 2.75) is 39.6 Å². The maximum Gasteiger partial charge on any atom is 0.204 e. The third-order valence-electron chi connectivity index (χ3n) is 1.67. The summed E-state index contributed by atoms with van der Waals surface area (Å²) in [6.07, 6.45) is -0.201. The third-order valence-corrected chi connectivity index (χ3v) is 1.94. The van der Waals surface area contributed by atoms with Crippen molar-refractivity contribution >= 4 is 52.7 Å². The van der Waals surface area contributed by atoms with Gasteiger partial charge in [0.25, 0.3) is 0 Å². The zero-order chi connectivity index (χ0) is 13.3. The molecular weight excluding hydrogens is 410 g/mol. The molecule has 0 spiro atoms. The Bertz CT molecular complexity index is 282. The van der Waals surface area contributed by atoms with Crippen molar-refractivity contribution in [2.75, 3.05) is 0 Å².